The molecule has 0 aliphatic carbocycles. The van der Waals surface area contributed by atoms with Gasteiger partial charge in [0.15, 0.2) is 0 Å². The van der Waals surface area contributed by atoms with Crippen LogP contribution >= 0.6 is 11.6 Å². The second-order valence-electron chi connectivity index (χ2n) is 5.87. The van der Waals surface area contributed by atoms with Crippen LogP contribution < -0.4 is 4.74 Å². The van der Waals surface area contributed by atoms with Gasteiger partial charge in [-0.05, 0) is 62.4 Å². The van der Waals surface area contributed by atoms with Crippen LogP contribution in [0.25, 0.3) is 0 Å². The van der Waals surface area contributed by atoms with Crippen LogP contribution in [0.2, 0.25) is 5.02 Å². The quantitative estimate of drug-likeness (QED) is 0.596. The molecule has 0 saturated carbocycles. The SMILES string of the molecule is C=C(C#Cc1ccc(C(F)(F)F)cc1)C(C)(C)Oc1ccc(Cl)cc1. The Kier molecular flexibility index (Phi) is 5.49. The van der Waals surface area contributed by atoms with Gasteiger partial charge >= 0.3 is 6.18 Å². The molecule has 0 atom stereocenters. The van der Waals surface area contributed by atoms with E-state index in [0.29, 0.717) is 21.9 Å². The highest BCUT2D eigenvalue weighted by Crippen LogP contribution is 2.29. The van der Waals surface area contributed by atoms with Gasteiger partial charge in [-0.1, -0.05) is 30.0 Å². The lowest BCUT2D eigenvalue weighted by atomic mass is 9.99. The first-order valence-corrected chi connectivity index (χ1v) is 7.79. The minimum Gasteiger partial charge on any atom is -0.483 e. The maximum Gasteiger partial charge on any atom is 0.416 e. The summed E-state index contributed by atoms with van der Waals surface area (Å²) >= 11 is 5.84. The predicted octanol–water partition coefficient (Wildman–Crippen LogP) is 6.12. The molecule has 2 rings (SSSR count). The summed E-state index contributed by atoms with van der Waals surface area (Å²) in [6, 6.07) is 11.6. The Bertz CT molecular complexity index is 807. The van der Waals surface area contributed by atoms with Gasteiger partial charge in [0.25, 0.3) is 0 Å². The van der Waals surface area contributed by atoms with Crippen LogP contribution in [-0.2, 0) is 6.18 Å². The summed E-state index contributed by atoms with van der Waals surface area (Å²) in [5.41, 5.74) is -0.505. The second kappa shape index (κ2) is 7.25. The molecular formula is C20H16ClF3O. The molecule has 0 unspecified atom stereocenters. The van der Waals surface area contributed by atoms with E-state index in [0.717, 1.165) is 12.1 Å². The van der Waals surface area contributed by atoms with E-state index < -0.39 is 17.3 Å². The van der Waals surface area contributed by atoms with E-state index in [1.807, 2.05) is 13.8 Å². The van der Waals surface area contributed by atoms with Gasteiger partial charge in [-0.25, -0.2) is 0 Å². The molecule has 130 valence electrons. The molecule has 0 aromatic heterocycles. The summed E-state index contributed by atoms with van der Waals surface area (Å²) in [6.45, 7) is 7.53. The highest BCUT2D eigenvalue weighted by Gasteiger charge is 2.29. The van der Waals surface area contributed by atoms with Gasteiger partial charge in [0.1, 0.15) is 11.4 Å². The zero-order chi connectivity index (χ0) is 18.7. The average molecular weight is 365 g/mol. The van der Waals surface area contributed by atoms with E-state index in [2.05, 4.69) is 18.4 Å². The van der Waals surface area contributed by atoms with Gasteiger partial charge in [0.2, 0.25) is 0 Å². The van der Waals surface area contributed by atoms with Crippen LogP contribution in [0.4, 0.5) is 13.2 Å². The van der Waals surface area contributed by atoms with Gasteiger partial charge in [-0.3, -0.25) is 0 Å². The van der Waals surface area contributed by atoms with Gasteiger partial charge < -0.3 is 4.74 Å². The molecule has 25 heavy (non-hydrogen) atoms. The molecular weight excluding hydrogens is 349 g/mol. The number of halogens is 4. The largest absolute Gasteiger partial charge is 0.483 e. The molecule has 0 spiro atoms. The fourth-order valence-corrected chi connectivity index (χ4v) is 2.03. The van der Waals surface area contributed by atoms with Crippen molar-refractivity contribution in [2.24, 2.45) is 0 Å². The van der Waals surface area contributed by atoms with Crippen molar-refractivity contribution in [3.05, 3.63) is 76.8 Å². The van der Waals surface area contributed by atoms with E-state index in [4.69, 9.17) is 16.3 Å². The molecule has 0 aliphatic rings. The van der Waals surface area contributed by atoms with E-state index in [1.54, 1.807) is 24.3 Å². The van der Waals surface area contributed by atoms with Crippen LogP contribution in [0.15, 0.2) is 60.7 Å². The summed E-state index contributed by atoms with van der Waals surface area (Å²) in [5, 5.41) is 0.603. The number of hydrogen-bond donors (Lipinski definition) is 0. The van der Waals surface area contributed by atoms with Crippen molar-refractivity contribution in [3.63, 3.8) is 0 Å². The molecule has 0 heterocycles. The topological polar surface area (TPSA) is 9.23 Å². The Labute approximate surface area is 150 Å². The number of rotatable bonds is 3. The molecule has 0 N–H and O–H groups in total. The third-order valence-electron chi connectivity index (χ3n) is 3.48. The van der Waals surface area contributed by atoms with E-state index in [9.17, 15) is 13.2 Å². The molecule has 0 amide bonds. The van der Waals surface area contributed by atoms with Gasteiger partial charge in [-0.15, -0.1) is 0 Å². The Hall–Kier alpha value is -2.38. The molecule has 5 heteroatoms. The van der Waals surface area contributed by atoms with Gasteiger partial charge in [0.05, 0.1) is 5.56 Å². The van der Waals surface area contributed by atoms with Crippen molar-refractivity contribution in [1.82, 2.24) is 0 Å². The number of hydrogen-bond acceptors (Lipinski definition) is 1. The van der Waals surface area contributed by atoms with Crippen molar-refractivity contribution in [2.45, 2.75) is 25.6 Å². The molecule has 0 fully saturated rings. The zero-order valence-corrected chi connectivity index (χ0v) is 14.5. The smallest absolute Gasteiger partial charge is 0.416 e. The van der Waals surface area contributed by atoms with Crippen molar-refractivity contribution in [1.29, 1.82) is 0 Å². The Morgan fingerprint density at radius 2 is 1.56 bits per heavy atom. The van der Waals surface area contributed by atoms with E-state index >= 15 is 0 Å². The maximum atomic E-state index is 12.5. The lowest BCUT2D eigenvalue weighted by Gasteiger charge is -2.26. The van der Waals surface area contributed by atoms with Crippen LogP contribution in [0, 0.1) is 11.8 Å². The third kappa shape index (κ3) is 5.30. The molecule has 0 saturated heterocycles. The highest BCUT2D eigenvalue weighted by atomic mass is 35.5. The first kappa shape index (κ1) is 19.0. The summed E-state index contributed by atoms with van der Waals surface area (Å²) in [7, 11) is 0. The molecule has 0 aliphatic heterocycles. The molecule has 0 radical (unpaired) electrons. The minimum absolute atomic E-state index is 0.469. The number of ether oxygens (including phenoxy) is 1. The fraction of sp³-hybridized carbons (Fsp3) is 0.200. The zero-order valence-electron chi connectivity index (χ0n) is 13.7. The van der Waals surface area contributed by atoms with Crippen molar-refractivity contribution in [2.75, 3.05) is 0 Å². The summed E-state index contributed by atoms with van der Waals surface area (Å²) in [5.74, 6) is 6.28. The van der Waals surface area contributed by atoms with Crippen LogP contribution in [0.3, 0.4) is 0 Å². The number of benzene rings is 2. The van der Waals surface area contributed by atoms with E-state index in [-0.39, 0.29) is 0 Å². The summed E-state index contributed by atoms with van der Waals surface area (Å²) in [6.07, 6.45) is -4.36. The van der Waals surface area contributed by atoms with Gasteiger partial charge in [-0.2, -0.15) is 13.2 Å². The minimum atomic E-state index is -4.36. The Morgan fingerprint density at radius 3 is 2.08 bits per heavy atom. The average Bonchev–Trinajstić information content (AvgIpc) is 2.54. The Morgan fingerprint density at radius 1 is 1.00 bits per heavy atom. The first-order valence-electron chi connectivity index (χ1n) is 7.41. The Balaban J connectivity index is 2.10. The van der Waals surface area contributed by atoms with Crippen molar-refractivity contribution in [3.8, 4) is 17.6 Å². The number of alkyl halides is 3. The fourth-order valence-electron chi connectivity index (χ4n) is 1.90. The molecule has 2 aromatic rings. The van der Waals surface area contributed by atoms with Crippen LogP contribution in [0.5, 0.6) is 5.75 Å². The monoisotopic (exact) mass is 364 g/mol. The standard InChI is InChI=1S/C20H16ClF3O/c1-14(19(2,3)25-18-12-10-17(21)11-13-18)4-5-15-6-8-16(9-7-15)20(22,23)24/h6-13H,1H2,2-3H3. The lowest BCUT2D eigenvalue weighted by molar-refractivity contribution is -0.137. The lowest BCUT2D eigenvalue weighted by Crippen LogP contribution is -2.29. The third-order valence-corrected chi connectivity index (χ3v) is 3.74. The molecule has 0 bridgehead atoms. The highest BCUT2D eigenvalue weighted by molar-refractivity contribution is 6.30. The second-order valence-corrected chi connectivity index (χ2v) is 6.31. The van der Waals surface area contributed by atoms with Crippen LogP contribution in [0.1, 0.15) is 25.0 Å². The van der Waals surface area contributed by atoms with E-state index in [1.165, 1.54) is 12.1 Å². The molecule has 1 nitrogen and oxygen atoms in total. The van der Waals surface area contributed by atoms with Crippen LogP contribution in [-0.4, -0.2) is 5.60 Å². The predicted molar refractivity (Wildman–Crippen MR) is 93.6 cm³/mol. The normalized spacial score (nSPS) is 11.4. The van der Waals surface area contributed by atoms with Crippen molar-refractivity contribution < 1.29 is 17.9 Å². The van der Waals surface area contributed by atoms with Crippen molar-refractivity contribution >= 4 is 11.6 Å². The summed E-state index contributed by atoms with van der Waals surface area (Å²) in [4.78, 5) is 0. The van der Waals surface area contributed by atoms with Gasteiger partial charge in [0, 0.05) is 16.2 Å². The molecule has 2 aromatic carbocycles. The summed E-state index contributed by atoms with van der Waals surface area (Å²) < 4.78 is 43.5. The first-order chi connectivity index (χ1) is 11.6. The maximum absolute atomic E-state index is 12.5.